The van der Waals surface area contributed by atoms with E-state index in [2.05, 4.69) is 0 Å². The van der Waals surface area contributed by atoms with Crippen LogP contribution in [0.15, 0.2) is 19.2 Å². The number of aryl methyl sites for hydroxylation is 4. The molecule has 4 rings (SSSR count). The Kier molecular flexibility index (Phi) is 5.16. The number of fused-ring (bicyclic) bond motifs is 2. The van der Waals surface area contributed by atoms with Gasteiger partial charge in [0.05, 0.1) is 0 Å². The predicted octanol–water partition coefficient (Wildman–Crippen LogP) is -0.0997. The Balaban J connectivity index is 1.89. The van der Waals surface area contributed by atoms with Crippen LogP contribution in [0.4, 0.5) is 0 Å². The molecular formula is C23H32N8O4. The fraction of sp³-hybridized carbons (Fsp3) is 0.565. The highest BCUT2D eigenvalue weighted by Crippen LogP contribution is 2.38. The molecule has 188 valence electrons. The minimum absolute atomic E-state index is 0.336. The molecule has 0 aliphatic rings. The molecule has 0 saturated carbocycles. The second-order valence-electron chi connectivity index (χ2n) is 10.7. The van der Waals surface area contributed by atoms with Crippen molar-refractivity contribution in [1.82, 2.24) is 37.4 Å². The lowest BCUT2D eigenvalue weighted by Crippen LogP contribution is -2.37. The first-order chi connectivity index (χ1) is 16.0. The van der Waals surface area contributed by atoms with Crippen molar-refractivity contribution in [2.24, 2.45) is 42.3 Å². The van der Waals surface area contributed by atoms with Gasteiger partial charge in [-0.25, -0.2) is 19.6 Å². The van der Waals surface area contributed by atoms with Gasteiger partial charge in [0.1, 0.15) is 11.6 Å². The summed E-state index contributed by atoms with van der Waals surface area (Å²) in [4.78, 5) is 60.0. The first kappa shape index (κ1) is 24.4. The van der Waals surface area contributed by atoms with Crippen molar-refractivity contribution >= 4 is 22.3 Å². The Morgan fingerprint density at radius 2 is 0.857 bits per heavy atom. The van der Waals surface area contributed by atoms with Crippen molar-refractivity contribution in [3.05, 3.63) is 53.3 Å². The Morgan fingerprint density at radius 1 is 0.543 bits per heavy atom. The standard InChI is InChI=1S/C23H32N8O4/c1-22(2,18-24-14-12(26(18)5)16(32)30(9)20(34)28(14)7)11-23(3,4)19-25-15-13(27(19)6)17(33)31(10)21(35)29(15)8/h11H2,1-10H3. The van der Waals surface area contributed by atoms with E-state index < -0.39 is 33.3 Å². The molecule has 0 aliphatic heterocycles. The maximum Gasteiger partial charge on any atom is 0.332 e. The second kappa shape index (κ2) is 7.40. The van der Waals surface area contributed by atoms with Gasteiger partial charge in [-0.15, -0.1) is 0 Å². The summed E-state index contributed by atoms with van der Waals surface area (Å²) in [5, 5.41) is 0. The SMILES string of the molecule is Cn1c(=O)c2c(nc(C(C)(C)CC(C)(C)c3nc4c(c(=O)n(C)c(=O)n4C)n3C)n2C)n(C)c1=O. The van der Waals surface area contributed by atoms with Gasteiger partial charge in [0.25, 0.3) is 11.1 Å². The minimum atomic E-state index is -0.548. The molecule has 0 bridgehead atoms. The third-order valence-electron chi connectivity index (χ3n) is 7.05. The Morgan fingerprint density at radius 3 is 1.17 bits per heavy atom. The van der Waals surface area contributed by atoms with Crippen LogP contribution in [-0.2, 0) is 53.1 Å². The van der Waals surface area contributed by atoms with Crippen LogP contribution in [0.25, 0.3) is 22.3 Å². The third-order valence-corrected chi connectivity index (χ3v) is 7.05. The number of imidazole rings is 2. The molecule has 4 aromatic heterocycles. The highest BCUT2D eigenvalue weighted by Gasteiger charge is 2.38. The molecule has 0 aromatic carbocycles. The molecule has 35 heavy (non-hydrogen) atoms. The molecule has 12 heteroatoms. The van der Waals surface area contributed by atoms with Crippen LogP contribution in [0.3, 0.4) is 0 Å². The van der Waals surface area contributed by atoms with Gasteiger partial charge in [0, 0.05) is 53.1 Å². The van der Waals surface area contributed by atoms with E-state index >= 15 is 0 Å². The first-order valence-corrected chi connectivity index (χ1v) is 11.3. The number of hydrogen-bond donors (Lipinski definition) is 0. The van der Waals surface area contributed by atoms with Gasteiger partial charge in [-0.1, -0.05) is 27.7 Å². The quantitative estimate of drug-likeness (QED) is 0.399. The molecule has 4 heterocycles. The van der Waals surface area contributed by atoms with Crippen LogP contribution in [-0.4, -0.2) is 37.4 Å². The van der Waals surface area contributed by atoms with Crippen LogP contribution in [0.2, 0.25) is 0 Å². The van der Waals surface area contributed by atoms with Crippen molar-refractivity contribution in [1.29, 1.82) is 0 Å². The zero-order chi connectivity index (χ0) is 26.4. The normalized spacial score (nSPS) is 12.9. The molecule has 0 spiro atoms. The molecule has 12 nitrogen and oxygen atoms in total. The van der Waals surface area contributed by atoms with Crippen LogP contribution in [0, 0.1) is 0 Å². The second-order valence-corrected chi connectivity index (χ2v) is 10.7. The summed E-state index contributed by atoms with van der Waals surface area (Å²) in [7, 11) is 9.66. The van der Waals surface area contributed by atoms with Crippen LogP contribution >= 0.6 is 0 Å². The molecule has 0 radical (unpaired) electrons. The summed E-state index contributed by atoms with van der Waals surface area (Å²) in [5.41, 5.74) is -1.37. The van der Waals surface area contributed by atoms with Gasteiger partial charge in [0.15, 0.2) is 22.3 Å². The molecule has 0 saturated heterocycles. The van der Waals surface area contributed by atoms with E-state index in [1.807, 2.05) is 27.7 Å². The summed E-state index contributed by atoms with van der Waals surface area (Å²) < 4.78 is 8.42. The average Bonchev–Trinajstić information content (AvgIpc) is 3.31. The lowest BCUT2D eigenvalue weighted by atomic mass is 9.74. The third kappa shape index (κ3) is 3.26. The molecule has 0 atom stereocenters. The van der Waals surface area contributed by atoms with E-state index in [0.717, 1.165) is 9.13 Å². The van der Waals surface area contributed by atoms with Crippen molar-refractivity contribution < 1.29 is 0 Å². The number of hydrogen-bond acceptors (Lipinski definition) is 6. The summed E-state index contributed by atoms with van der Waals surface area (Å²) in [6.45, 7) is 8.10. The van der Waals surface area contributed by atoms with Gasteiger partial charge in [-0.05, 0) is 6.42 Å². The van der Waals surface area contributed by atoms with Gasteiger partial charge >= 0.3 is 11.4 Å². The van der Waals surface area contributed by atoms with Crippen molar-refractivity contribution in [2.75, 3.05) is 0 Å². The van der Waals surface area contributed by atoms with Crippen molar-refractivity contribution in [2.45, 2.75) is 44.9 Å². The number of nitrogens with zero attached hydrogens (tertiary/aromatic N) is 8. The summed E-state index contributed by atoms with van der Waals surface area (Å²) >= 11 is 0. The maximum absolute atomic E-state index is 12.8. The topological polar surface area (TPSA) is 124 Å². The van der Waals surface area contributed by atoms with E-state index in [1.54, 1.807) is 37.3 Å². The largest absolute Gasteiger partial charge is 0.332 e. The maximum atomic E-state index is 12.8. The van der Waals surface area contributed by atoms with Crippen LogP contribution < -0.4 is 22.5 Å². The smallest absolute Gasteiger partial charge is 0.325 e. The molecule has 4 aromatic rings. The first-order valence-electron chi connectivity index (χ1n) is 11.3. The fourth-order valence-electron chi connectivity index (χ4n) is 5.51. The Labute approximate surface area is 200 Å². The zero-order valence-corrected chi connectivity index (χ0v) is 21.9. The molecule has 0 N–H and O–H groups in total. The summed E-state index contributed by atoms with van der Waals surface area (Å²) in [6, 6.07) is 0. The highest BCUT2D eigenvalue weighted by atomic mass is 16.2. The molecular weight excluding hydrogens is 452 g/mol. The van der Waals surface area contributed by atoms with E-state index in [9.17, 15) is 19.2 Å². The highest BCUT2D eigenvalue weighted by molar-refractivity contribution is 5.72. The van der Waals surface area contributed by atoms with Crippen molar-refractivity contribution in [3.8, 4) is 0 Å². The van der Waals surface area contributed by atoms with Gasteiger partial charge in [-0.3, -0.25) is 27.9 Å². The van der Waals surface area contributed by atoms with Crippen LogP contribution in [0.1, 0.15) is 45.8 Å². The minimum Gasteiger partial charge on any atom is -0.325 e. The van der Waals surface area contributed by atoms with E-state index in [4.69, 9.17) is 9.97 Å². The molecule has 0 fully saturated rings. The molecule has 0 unspecified atom stereocenters. The van der Waals surface area contributed by atoms with E-state index in [0.29, 0.717) is 40.4 Å². The average molecular weight is 485 g/mol. The number of aromatic nitrogens is 8. The van der Waals surface area contributed by atoms with E-state index in [-0.39, 0.29) is 0 Å². The Hall–Kier alpha value is -3.70. The lowest BCUT2D eigenvalue weighted by Gasteiger charge is -2.34. The van der Waals surface area contributed by atoms with Gasteiger partial charge < -0.3 is 9.13 Å². The van der Waals surface area contributed by atoms with Gasteiger partial charge in [-0.2, -0.15) is 0 Å². The monoisotopic (exact) mass is 484 g/mol. The van der Waals surface area contributed by atoms with E-state index in [1.165, 1.54) is 23.2 Å². The predicted molar refractivity (Wildman–Crippen MR) is 133 cm³/mol. The molecule has 0 aliphatic carbocycles. The fourth-order valence-corrected chi connectivity index (χ4v) is 5.51. The number of rotatable bonds is 4. The van der Waals surface area contributed by atoms with Crippen molar-refractivity contribution in [3.63, 3.8) is 0 Å². The van der Waals surface area contributed by atoms with Crippen LogP contribution in [0.5, 0.6) is 0 Å². The Bertz CT molecular complexity index is 1640. The zero-order valence-electron chi connectivity index (χ0n) is 21.9. The summed E-state index contributed by atoms with van der Waals surface area (Å²) in [6.07, 6.45) is 0.552. The van der Waals surface area contributed by atoms with Gasteiger partial charge in [0.2, 0.25) is 0 Å². The summed E-state index contributed by atoms with van der Waals surface area (Å²) in [5.74, 6) is 1.31. The lowest BCUT2D eigenvalue weighted by molar-refractivity contribution is 0.314. The molecule has 0 amide bonds.